The monoisotopic (exact) mass is 220 g/mol. The van der Waals surface area contributed by atoms with Gasteiger partial charge in [-0.1, -0.05) is 13.8 Å². The van der Waals surface area contributed by atoms with Gasteiger partial charge in [0, 0.05) is 11.7 Å². The minimum Gasteiger partial charge on any atom is -0.488 e. The Morgan fingerprint density at radius 3 is 2.88 bits per heavy atom. The van der Waals surface area contributed by atoms with Gasteiger partial charge in [-0.25, -0.2) is 4.98 Å². The summed E-state index contributed by atoms with van der Waals surface area (Å²) in [6.07, 6.45) is 4.09. The molecule has 0 atom stereocenters. The van der Waals surface area contributed by atoms with E-state index < -0.39 is 0 Å². The number of nitrogens with zero attached hydrogens (tertiary/aromatic N) is 2. The van der Waals surface area contributed by atoms with Crippen molar-refractivity contribution in [3.8, 4) is 5.75 Å². The first-order chi connectivity index (χ1) is 7.71. The van der Waals surface area contributed by atoms with Crippen molar-refractivity contribution >= 4 is 5.82 Å². The highest BCUT2D eigenvalue weighted by atomic mass is 16.5. The Kier molecular flexibility index (Phi) is 3.03. The second-order valence-electron chi connectivity index (χ2n) is 4.53. The maximum absolute atomic E-state index is 5.63. The molecular weight excluding hydrogens is 200 g/mol. The van der Waals surface area contributed by atoms with Crippen molar-refractivity contribution in [1.82, 2.24) is 4.98 Å². The average molecular weight is 220 g/mol. The predicted molar refractivity (Wildman–Crippen MR) is 66.1 cm³/mol. The first-order valence-electron chi connectivity index (χ1n) is 6.06. The number of ether oxygens (including phenoxy) is 1. The second kappa shape index (κ2) is 4.32. The number of anilines is 1. The van der Waals surface area contributed by atoms with Crippen molar-refractivity contribution in [2.75, 3.05) is 18.1 Å². The van der Waals surface area contributed by atoms with Crippen molar-refractivity contribution in [2.45, 2.75) is 39.2 Å². The third kappa shape index (κ3) is 1.75. The summed E-state index contributed by atoms with van der Waals surface area (Å²) in [6, 6.07) is 3.93. The maximum atomic E-state index is 5.63. The summed E-state index contributed by atoms with van der Waals surface area (Å²) in [6.45, 7) is 8.47. The van der Waals surface area contributed by atoms with Crippen molar-refractivity contribution in [1.29, 1.82) is 0 Å². The summed E-state index contributed by atoms with van der Waals surface area (Å²) in [5, 5.41) is 0. The fourth-order valence-electron chi connectivity index (χ4n) is 2.21. The number of pyridine rings is 1. The molecule has 1 aliphatic rings. The first-order valence-corrected chi connectivity index (χ1v) is 6.06. The van der Waals surface area contributed by atoms with E-state index in [0.29, 0.717) is 0 Å². The molecule has 1 aromatic heterocycles. The largest absolute Gasteiger partial charge is 0.488 e. The first kappa shape index (κ1) is 11.2. The molecule has 1 aliphatic heterocycles. The van der Waals surface area contributed by atoms with Crippen LogP contribution in [0.4, 0.5) is 5.82 Å². The Bertz CT molecular complexity index is 361. The van der Waals surface area contributed by atoms with Gasteiger partial charge in [0.2, 0.25) is 0 Å². The highest BCUT2D eigenvalue weighted by Gasteiger charge is 2.33. The highest BCUT2D eigenvalue weighted by molar-refractivity contribution is 5.55. The molecule has 0 saturated heterocycles. The van der Waals surface area contributed by atoms with E-state index in [9.17, 15) is 0 Å². The van der Waals surface area contributed by atoms with Gasteiger partial charge in [-0.05, 0) is 31.9 Å². The molecule has 0 unspecified atom stereocenters. The Labute approximate surface area is 97.4 Å². The van der Waals surface area contributed by atoms with Crippen LogP contribution in [-0.2, 0) is 0 Å². The van der Waals surface area contributed by atoms with Gasteiger partial charge in [0.25, 0.3) is 0 Å². The summed E-state index contributed by atoms with van der Waals surface area (Å²) in [5.41, 5.74) is 0.187. The smallest absolute Gasteiger partial charge is 0.171 e. The van der Waals surface area contributed by atoms with E-state index in [4.69, 9.17) is 4.74 Å². The highest BCUT2D eigenvalue weighted by Crippen LogP contribution is 2.36. The fourth-order valence-corrected chi connectivity index (χ4v) is 2.21. The maximum Gasteiger partial charge on any atom is 0.171 e. The third-order valence-electron chi connectivity index (χ3n) is 3.75. The molecular formula is C13H20N2O. The number of hydrogen-bond acceptors (Lipinski definition) is 3. The average Bonchev–Trinajstić information content (AvgIpc) is 2.37. The summed E-state index contributed by atoms with van der Waals surface area (Å²) >= 11 is 0. The Morgan fingerprint density at radius 2 is 2.19 bits per heavy atom. The van der Waals surface area contributed by atoms with Crippen LogP contribution in [-0.4, -0.2) is 23.7 Å². The quantitative estimate of drug-likeness (QED) is 0.783. The zero-order valence-corrected chi connectivity index (χ0v) is 10.4. The summed E-state index contributed by atoms with van der Waals surface area (Å²) in [4.78, 5) is 6.86. The molecule has 3 heteroatoms. The van der Waals surface area contributed by atoms with Crippen LogP contribution >= 0.6 is 0 Å². The van der Waals surface area contributed by atoms with Crippen LogP contribution in [0.15, 0.2) is 18.3 Å². The fraction of sp³-hybridized carbons (Fsp3) is 0.615. The summed E-state index contributed by atoms with van der Waals surface area (Å²) in [5.74, 6) is 1.92. The van der Waals surface area contributed by atoms with Crippen LogP contribution in [0.25, 0.3) is 0 Å². The zero-order valence-electron chi connectivity index (χ0n) is 10.4. The lowest BCUT2D eigenvalue weighted by Crippen LogP contribution is -2.50. The predicted octanol–water partition coefficient (Wildman–Crippen LogP) is 2.86. The van der Waals surface area contributed by atoms with Gasteiger partial charge in [0.05, 0.1) is 6.54 Å². The van der Waals surface area contributed by atoms with Crippen LogP contribution in [0.5, 0.6) is 5.75 Å². The van der Waals surface area contributed by atoms with Crippen molar-refractivity contribution in [2.24, 2.45) is 0 Å². The number of aromatic nitrogens is 1. The van der Waals surface area contributed by atoms with Crippen molar-refractivity contribution in [3.05, 3.63) is 18.3 Å². The topological polar surface area (TPSA) is 25.4 Å². The van der Waals surface area contributed by atoms with Crippen molar-refractivity contribution < 1.29 is 4.74 Å². The molecule has 2 heterocycles. The molecule has 0 amide bonds. The van der Waals surface area contributed by atoms with Crippen LogP contribution in [0.1, 0.15) is 33.6 Å². The summed E-state index contributed by atoms with van der Waals surface area (Å²) < 4.78 is 5.63. The molecule has 0 radical (unpaired) electrons. The normalized spacial score (nSPS) is 15.6. The molecule has 0 N–H and O–H groups in total. The molecule has 88 valence electrons. The third-order valence-corrected chi connectivity index (χ3v) is 3.75. The lowest BCUT2D eigenvalue weighted by Gasteiger charge is -2.43. The molecule has 16 heavy (non-hydrogen) atoms. The summed E-state index contributed by atoms with van der Waals surface area (Å²) in [7, 11) is 0. The number of fused-ring (bicyclic) bond motifs is 1. The van der Waals surface area contributed by atoms with E-state index in [-0.39, 0.29) is 5.54 Å². The Hall–Kier alpha value is -1.25. The van der Waals surface area contributed by atoms with Crippen LogP contribution in [0.3, 0.4) is 0 Å². The second-order valence-corrected chi connectivity index (χ2v) is 4.53. The van der Waals surface area contributed by atoms with Gasteiger partial charge in [-0.3, -0.25) is 0 Å². The molecule has 0 aromatic carbocycles. The van der Waals surface area contributed by atoms with E-state index in [0.717, 1.165) is 37.6 Å². The van der Waals surface area contributed by atoms with Gasteiger partial charge >= 0.3 is 0 Å². The number of hydrogen-bond donors (Lipinski definition) is 0. The lowest BCUT2D eigenvalue weighted by atomic mass is 9.92. The molecule has 3 nitrogen and oxygen atoms in total. The SMILES string of the molecule is CCC(C)(CC)N1CCOc2cccnc21. The van der Waals surface area contributed by atoms with Gasteiger partial charge in [-0.2, -0.15) is 0 Å². The standard InChI is InChI=1S/C13H20N2O/c1-4-13(3,5-2)15-9-10-16-11-7-6-8-14-12(11)15/h6-8H,4-5,9-10H2,1-3H3. The lowest BCUT2D eigenvalue weighted by molar-refractivity contribution is 0.270. The van der Waals surface area contributed by atoms with Crippen molar-refractivity contribution in [3.63, 3.8) is 0 Å². The van der Waals surface area contributed by atoms with E-state index in [1.165, 1.54) is 0 Å². The Balaban J connectivity index is 2.38. The van der Waals surface area contributed by atoms with Crippen LogP contribution in [0.2, 0.25) is 0 Å². The molecule has 0 bridgehead atoms. The van der Waals surface area contributed by atoms with E-state index in [1.807, 2.05) is 18.3 Å². The Morgan fingerprint density at radius 1 is 1.44 bits per heavy atom. The minimum absolute atomic E-state index is 0.187. The van der Waals surface area contributed by atoms with E-state index in [2.05, 4.69) is 30.7 Å². The number of rotatable bonds is 3. The molecule has 0 aliphatic carbocycles. The molecule has 0 spiro atoms. The molecule has 2 rings (SSSR count). The zero-order chi connectivity index (χ0) is 11.6. The van der Waals surface area contributed by atoms with E-state index >= 15 is 0 Å². The molecule has 0 fully saturated rings. The van der Waals surface area contributed by atoms with Gasteiger partial charge in [-0.15, -0.1) is 0 Å². The van der Waals surface area contributed by atoms with Crippen LogP contribution < -0.4 is 9.64 Å². The minimum atomic E-state index is 0.187. The van der Waals surface area contributed by atoms with Crippen LogP contribution in [0, 0.1) is 0 Å². The molecule has 1 aromatic rings. The van der Waals surface area contributed by atoms with E-state index in [1.54, 1.807) is 0 Å². The van der Waals surface area contributed by atoms with Gasteiger partial charge in [0.1, 0.15) is 6.61 Å². The van der Waals surface area contributed by atoms with Gasteiger partial charge in [0.15, 0.2) is 11.6 Å². The van der Waals surface area contributed by atoms with Gasteiger partial charge < -0.3 is 9.64 Å². The molecule has 0 saturated carbocycles.